The molecule has 0 amide bonds. The Bertz CT molecular complexity index is 705. The van der Waals surface area contributed by atoms with E-state index in [1.807, 2.05) is 0 Å². The lowest BCUT2D eigenvalue weighted by Gasteiger charge is -2.08. The van der Waals surface area contributed by atoms with Gasteiger partial charge in [-0.2, -0.15) is 0 Å². The summed E-state index contributed by atoms with van der Waals surface area (Å²) < 4.78 is 32.5. The molecule has 2 aromatic rings. The van der Waals surface area contributed by atoms with Gasteiger partial charge in [-0.25, -0.2) is 8.42 Å². The van der Waals surface area contributed by atoms with E-state index in [-0.39, 0.29) is 10.7 Å². The summed E-state index contributed by atoms with van der Waals surface area (Å²) in [7, 11) is -2.07. The Labute approximate surface area is 137 Å². The molecule has 0 unspecified atom stereocenters. The lowest BCUT2D eigenvalue weighted by molar-refractivity contribution is 0.210. The lowest BCUT2D eigenvalue weighted by atomic mass is 10.4. The number of halogens is 1. The van der Waals surface area contributed by atoms with E-state index < -0.39 is 10.0 Å². The molecule has 0 aliphatic rings. The van der Waals surface area contributed by atoms with Crippen LogP contribution in [0.4, 0.5) is 11.6 Å². The van der Waals surface area contributed by atoms with Crippen LogP contribution in [-0.2, 0) is 14.8 Å². The van der Waals surface area contributed by atoms with Crippen LogP contribution in [0.25, 0.3) is 0 Å². The Morgan fingerprint density at radius 3 is 2.32 bits per heavy atom. The largest absolute Gasteiger partial charge is 0.383 e. The van der Waals surface area contributed by atoms with Gasteiger partial charge in [0.05, 0.1) is 11.5 Å². The quantitative estimate of drug-likeness (QED) is 0.707. The third kappa shape index (κ3) is 4.65. The Kier molecular flexibility index (Phi) is 5.69. The monoisotopic (exact) mass is 386 g/mol. The van der Waals surface area contributed by atoms with Gasteiger partial charge in [0.1, 0.15) is 5.82 Å². The first-order chi connectivity index (χ1) is 10.5. The van der Waals surface area contributed by atoms with Crippen molar-refractivity contribution in [1.29, 1.82) is 0 Å². The fraction of sp³-hybridized carbons (Fsp3) is 0.231. The average Bonchev–Trinajstić information content (AvgIpc) is 2.49. The molecule has 0 spiro atoms. The summed E-state index contributed by atoms with van der Waals surface area (Å²) in [6.07, 6.45) is 0. The number of anilines is 2. The zero-order valence-electron chi connectivity index (χ0n) is 11.8. The summed E-state index contributed by atoms with van der Waals surface area (Å²) in [6, 6.07) is 9.49. The smallest absolute Gasteiger partial charge is 0.263 e. The SMILES string of the molecule is COCCNc1ccc(NS(=O)(=O)c2ccc(Br)cc2)nn1. The van der Waals surface area contributed by atoms with Crippen LogP contribution < -0.4 is 10.0 Å². The molecule has 22 heavy (non-hydrogen) atoms. The summed E-state index contributed by atoms with van der Waals surface area (Å²) in [5.74, 6) is 0.698. The molecule has 0 atom stereocenters. The Morgan fingerprint density at radius 1 is 1.09 bits per heavy atom. The van der Waals surface area contributed by atoms with E-state index in [1.54, 1.807) is 31.4 Å². The minimum Gasteiger partial charge on any atom is -0.383 e. The number of hydrogen-bond donors (Lipinski definition) is 2. The van der Waals surface area contributed by atoms with Crippen LogP contribution in [0.1, 0.15) is 0 Å². The van der Waals surface area contributed by atoms with Crippen LogP contribution in [0, 0.1) is 0 Å². The first-order valence-corrected chi connectivity index (χ1v) is 8.64. The van der Waals surface area contributed by atoms with Gasteiger partial charge in [-0.1, -0.05) is 15.9 Å². The maximum absolute atomic E-state index is 12.2. The highest BCUT2D eigenvalue weighted by Gasteiger charge is 2.14. The van der Waals surface area contributed by atoms with Crippen LogP contribution >= 0.6 is 15.9 Å². The molecule has 0 bridgehead atoms. The first-order valence-electron chi connectivity index (χ1n) is 6.36. The minimum absolute atomic E-state index is 0.153. The Balaban J connectivity index is 2.05. The Morgan fingerprint density at radius 2 is 1.73 bits per heavy atom. The van der Waals surface area contributed by atoms with Gasteiger partial charge in [0, 0.05) is 18.1 Å². The van der Waals surface area contributed by atoms with Gasteiger partial charge in [0.2, 0.25) is 0 Å². The van der Waals surface area contributed by atoms with Crippen molar-refractivity contribution in [2.75, 3.05) is 30.3 Å². The van der Waals surface area contributed by atoms with Gasteiger partial charge in [0.25, 0.3) is 10.0 Å². The minimum atomic E-state index is -3.68. The third-order valence-electron chi connectivity index (χ3n) is 2.64. The first kappa shape index (κ1) is 16.7. The fourth-order valence-electron chi connectivity index (χ4n) is 1.57. The van der Waals surface area contributed by atoms with Crippen LogP contribution in [0.3, 0.4) is 0 Å². The highest BCUT2D eigenvalue weighted by molar-refractivity contribution is 9.10. The molecule has 0 saturated carbocycles. The van der Waals surface area contributed by atoms with Crippen LogP contribution in [0.2, 0.25) is 0 Å². The lowest BCUT2D eigenvalue weighted by Crippen LogP contribution is -2.15. The van der Waals surface area contributed by atoms with E-state index in [0.717, 1.165) is 4.47 Å². The standard InChI is InChI=1S/C13H15BrN4O3S/c1-21-9-8-15-12-6-7-13(17-16-12)18-22(19,20)11-4-2-10(14)3-5-11/h2-7H,8-9H2,1H3,(H,15,16)(H,17,18). The number of hydrogen-bond acceptors (Lipinski definition) is 6. The van der Waals surface area contributed by atoms with Crippen molar-refractivity contribution in [3.63, 3.8) is 0 Å². The number of rotatable bonds is 7. The van der Waals surface area contributed by atoms with Gasteiger partial charge in [-0.3, -0.25) is 4.72 Å². The highest BCUT2D eigenvalue weighted by Crippen LogP contribution is 2.17. The number of sulfonamides is 1. The number of aromatic nitrogens is 2. The van der Waals surface area contributed by atoms with Crippen molar-refractivity contribution in [3.8, 4) is 0 Å². The number of methoxy groups -OCH3 is 1. The van der Waals surface area contributed by atoms with E-state index in [9.17, 15) is 8.42 Å². The van der Waals surface area contributed by atoms with Gasteiger partial charge in [-0.05, 0) is 36.4 Å². The van der Waals surface area contributed by atoms with Crippen molar-refractivity contribution < 1.29 is 13.2 Å². The highest BCUT2D eigenvalue weighted by atomic mass is 79.9. The summed E-state index contributed by atoms with van der Waals surface area (Å²) >= 11 is 3.26. The molecule has 2 N–H and O–H groups in total. The second-order valence-electron chi connectivity index (χ2n) is 4.28. The van der Waals surface area contributed by atoms with Crippen molar-refractivity contribution in [1.82, 2.24) is 10.2 Å². The number of benzene rings is 1. The fourth-order valence-corrected chi connectivity index (χ4v) is 2.83. The normalized spacial score (nSPS) is 11.2. The zero-order valence-corrected chi connectivity index (χ0v) is 14.2. The molecule has 7 nitrogen and oxygen atoms in total. The molecular formula is C13H15BrN4O3S. The Hall–Kier alpha value is -1.71. The second kappa shape index (κ2) is 7.52. The van der Waals surface area contributed by atoms with Gasteiger partial charge in [-0.15, -0.1) is 10.2 Å². The zero-order chi connectivity index (χ0) is 16.0. The van der Waals surface area contributed by atoms with Gasteiger partial charge < -0.3 is 10.1 Å². The maximum Gasteiger partial charge on any atom is 0.263 e. The molecular weight excluding hydrogens is 372 g/mol. The maximum atomic E-state index is 12.2. The molecule has 0 aliphatic heterocycles. The third-order valence-corrected chi connectivity index (χ3v) is 4.54. The summed E-state index contributed by atoms with van der Waals surface area (Å²) in [4.78, 5) is 0.153. The molecule has 0 saturated heterocycles. The number of nitrogens with zero attached hydrogens (tertiary/aromatic N) is 2. The van der Waals surface area contributed by atoms with Crippen LogP contribution in [0.15, 0.2) is 45.8 Å². The van der Waals surface area contributed by atoms with E-state index in [0.29, 0.717) is 19.0 Å². The van der Waals surface area contributed by atoms with E-state index in [1.165, 1.54) is 12.1 Å². The van der Waals surface area contributed by atoms with Gasteiger partial charge >= 0.3 is 0 Å². The van der Waals surface area contributed by atoms with E-state index in [2.05, 4.69) is 36.2 Å². The predicted molar refractivity (Wildman–Crippen MR) is 87.3 cm³/mol. The van der Waals surface area contributed by atoms with Gasteiger partial charge in [0.15, 0.2) is 5.82 Å². The van der Waals surface area contributed by atoms with Crippen molar-refractivity contribution in [3.05, 3.63) is 40.9 Å². The van der Waals surface area contributed by atoms with Crippen molar-refractivity contribution >= 4 is 37.6 Å². The average molecular weight is 387 g/mol. The molecule has 9 heteroatoms. The molecule has 1 aromatic carbocycles. The number of nitrogens with one attached hydrogen (secondary N) is 2. The summed E-state index contributed by atoms with van der Waals surface area (Å²) in [6.45, 7) is 1.13. The van der Waals surface area contributed by atoms with Crippen LogP contribution in [-0.4, -0.2) is 38.9 Å². The van der Waals surface area contributed by atoms with E-state index in [4.69, 9.17) is 4.74 Å². The molecule has 0 fully saturated rings. The summed E-state index contributed by atoms with van der Waals surface area (Å²) in [5, 5.41) is 10.7. The van der Waals surface area contributed by atoms with Crippen molar-refractivity contribution in [2.45, 2.75) is 4.90 Å². The molecule has 0 radical (unpaired) electrons. The van der Waals surface area contributed by atoms with Crippen molar-refractivity contribution in [2.24, 2.45) is 0 Å². The van der Waals surface area contributed by atoms with E-state index >= 15 is 0 Å². The molecule has 118 valence electrons. The molecule has 1 aromatic heterocycles. The molecule has 2 rings (SSSR count). The summed E-state index contributed by atoms with van der Waals surface area (Å²) in [5.41, 5.74) is 0. The number of ether oxygens (including phenoxy) is 1. The molecule has 0 aliphatic carbocycles. The van der Waals surface area contributed by atoms with Crippen LogP contribution in [0.5, 0.6) is 0 Å². The predicted octanol–water partition coefficient (Wildman–Crippen LogP) is 2.10. The second-order valence-corrected chi connectivity index (χ2v) is 6.88. The molecule has 1 heterocycles. The topological polar surface area (TPSA) is 93.2 Å².